The lowest BCUT2D eigenvalue weighted by atomic mass is 10.4. The van der Waals surface area contributed by atoms with Crippen LogP contribution in [0.15, 0.2) is 18.3 Å². The molecule has 0 aliphatic heterocycles. The Labute approximate surface area is 76.8 Å². The van der Waals surface area contributed by atoms with Crippen molar-refractivity contribution in [3.63, 3.8) is 0 Å². The van der Waals surface area contributed by atoms with Crippen molar-refractivity contribution in [3.05, 3.63) is 22.0 Å². The quantitative estimate of drug-likeness (QED) is 0.600. The summed E-state index contributed by atoms with van der Waals surface area (Å²) in [4.78, 5) is 14.0. The first-order chi connectivity index (χ1) is 5.18. The summed E-state index contributed by atoms with van der Waals surface area (Å²) in [6.07, 6.45) is 0.486. The number of nitrogens with zero attached hydrogens (tertiary/aromatic N) is 1. The second-order valence-corrected chi connectivity index (χ2v) is 2.90. The van der Waals surface area contributed by atoms with Gasteiger partial charge in [0.1, 0.15) is 3.70 Å². The van der Waals surface area contributed by atoms with E-state index in [0.29, 0.717) is 5.69 Å². The number of pyridine rings is 1. The van der Waals surface area contributed by atoms with E-state index in [1.165, 1.54) is 0 Å². The van der Waals surface area contributed by atoms with Crippen LogP contribution < -0.4 is 5.32 Å². The molecule has 1 aromatic heterocycles. The van der Waals surface area contributed by atoms with E-state index < -0.39 is 6.09 Å². The molecule has 0 saturated carbocycles. The Morgan fingerprint density at radius 2 is 2.45 bits per heavy atom. The van der Waals surface area contributed by atoms with Gasteiger partial charge in [-0.05, 0) is 34.7 Å². The molecule has 0 aliphatic rings. The monoisotopic (exact) mass is 264 g/mol. The SMILES string of the molecule is O=C(O)Nc1ccnc(I)c1. The molecule has 0 bridgehead atoms. The van der Waals surface area contributed by atoms with E-state index in [-0.39, 0.29) is 0 Å². The van der Waals surface area contributed by atoms with Crippen LogP contribution in [-0.2, 0) is 0 Å². The summed E-state index contributed by atoms with van der Waals surface area (Å²) in [6, 6.07) is 3.24. The van der Waals surface area contributed by atoms with Crippen LogP contribution >= 0.6 is 22.6 Å². The van der Waals surface area contributed by atoms with Gasteiger partial charge in [0, 0.05) is 11.9 Å². The third-order valence-electron chi connectivity index (χ3n) is 0.978. The fourth-order valence-corrected chi connectivity index (χ4v) is 1.10. The Bertz CT molecular complexity index is 277. The van der Waals surface area contributed by atoms with E-state index in [1.807, 2.05) is 22.6 Å². The van der Waals surface area contributed by atoms with Crippen molar-refractivity contribution < 1.29 is 9.90 Å². The summed E-state index contributed by atoms with van der Waals surface area (Å²) in [5.41, 5.74) is 0.539. The number of aromatic nitrogens is 1. The molecular weight excluding hydrogens is 259 g/mol. The molecule has 4 nitrogen and oxygen atoms in total. The first-order valence-electron chi connectivity index (χ1n) is 2.80. The second kappa shape index (κ2) is 3.51. The highest BCUT2D eigenvalue weighted by atomic mass is 127. The van der Waals surface area contributed by atoms with Crippen molar-refractivity contribution in [1.82, 2.24) is 4.98 Å². The van der Waals surface area contributed by atoms with Crippen LogP contribution in [0.3, 0.4) is 0 Å². The van der Waals surface area contributed by atoms with Gasteiger partial charge in [0.05, 0.1) is 0 Å². The summed E-state index contributed by atoms with van der Waals surface area (Å²) in [5, 5.41) is 10.5. The molecule has 0 saturated heterocycles. The molecule has 1 aromatic rings. The highest BCUT2D eigenvalue weighted by molar-refractivity contribution is 14.1. The van der Waals surface area contributed by atoms with Gasteiger partial charge >= 0.3 is 6.09 Å². The first kappa shape index (κ1) is 8.25. The van der Waals surface area contributed by atoms with E-state index in [0.717, 1.165) is 3.70 Å². The number of hydrogen-bond donors (Lipinski definition) is 2. The molecule has 2 N–H and O–H groups in total. The van der Waals surface area contributed by atoms with E-state index in [2.05, 4.69) is 10.3 Å². The van der Waals surface area contributed by atoms with Crippen LogP contribution in [0.4, 0.5) is 10.5 Å². The van der Waals surface area contributed by atoms with Crippen molar-refractivity contribution in [2.45, 2.75) is 0 Å². The van der Waals surface area contributed by atoms with Crippen LogP contribution in [-0.4, -0.2) is 16.2 Å². The van der Waals surface area contributed by atoms with Crippen LogP contribution in [0, 0.1) is 3.70 Å². The number of nitrogens with one attached hydrogen (secondary N) is 1. The molecule has 1 heterocycles. The summed E-state index contributed by atoms with van der Waals surface area (Å²) in [5.74, 6) is 0. The zero-order valence-electron chi connectivity index (χ0n) is 5.41. The Kier molecular flexibility index (Phi) is 2.64. The summed E-state index contributed by atoms with van der Waals surface area (Å²) < 4.78 is 0.758. The molecule has 0 aromatic carbocycles. The Morgan fingerprint density at radius 3 is 3.00 bits per heavy atom. The fourth-order valence-electron chi connectivity index (χ4n) is 0.604. The number of rotatable bonds is 1. The lowest BCUT2D eigenvalue weighted by Crippen LogP contribution is -2.07. The van der Waals surface area contributed by atoms with Gasteiger partial charge in [-0.15, -0.1) is 0 Å². The molecule has 0 fully saturated rings. The van der Waals surface area contributed by atoms with Gasteiger partial charge in [-0.3, -0.25) is 10.3 Å². The molecule has 0 aliphatic carbocycles. The van der Waals surface area contributed by atoms with Crippen LogP contribution in [0.2, 0.25) is 0 Å². The maximum atomic E-state index is 10.1. The minimum Gasteiger partial charge on any atom is -0.465 e. The molecule has 58 valence electrons. The molecule has 11 heavy (non-hydrogen) atoms. The minimum atomic E-state index is -1.06. The van der Waals surface area contributed by atoms with Crippen molar-refractivity contribution in [2.24, 2.45) is 0 Å². The average Bonchev–Trinajstić information content (AvgIpc) is 1.85. The van der Waals surface area contributed by atoms with Crippen LogP contribution in [0.25, 0.3) is 0 Å². The van der Waals surface area contributed by atoms with Crippen molar-refractivity contribution in [3.8, 4) is 0 Å². The maximum Gasteiger partial charge on any atom is 0.409 e. The number of anilines is 1. The molecule has 1 rings (SSSR count). The Hall–Kier alpha value is -0.850. The smallest absolute Gasteiger partial charge is 0.409 e. The fraction of sp³-hybridized carbons (Fsp3) is 0. The Morgan fingerprint density at radius 1 is 1.73 bits per heavy atom. The van der Waals surface area contributed by atoms with Gasteiger partial charge in [0.25, 0.3) is 0 Å². The predicted molar refractivity (Wildman–Crippen MR) is 48.6 cm³/mol. The van der Waals surface area contributed by atoms with Crippen LogP contribution in [0.5, 0.6) is 0 Å². The lowest BCUT2D eigenvalue weighted by Gasteiger charge is -1.98. The molecule has 0 unspecified atom stereocenters. The molecule has 0 radical (unpaired) electrons. The number of halogens is 1. The van der Waals surface area contributed by atoms with Gasteiger partial charge < -0.3 is 5.11 Å². The van der Waals surface area contributed by atoms with Gasteiger partial charge in [-0.1, -0.05) is 0 Å². The zero-order valence-corrected chi connectivity index (χ0v) is 7.57. The highest BCUT2D eigenvalue weighted by Gasteiger charge is 1.96. The van der Waals surface area contributed by atoms with E-state index in [4.69, 9.17) is 5.11 Å². The number of carbonyl (C=O) groups is 1. The topological polar surface area (TPSA) is 62.2 Å². The van der Waals surface area contributed by atoms with Gasteiger partial charge in [0.2, 0.25) is 0 Å². The Balaban J connectivity index is 2.79. The van der Waals surface area contributed by atoms with E-state index in [1.54, 1.807) is 18.3 Å². The molecular formula is C6H5IN2O2. The predicted octanol–water partition coefficient (Wildman–Crippen LogP) is 1.78. The molecule has 5 heteroatoms. The highest BCUT2D eigenvalue weighted by Crippen LogP contribution is 2.08. The van der Waals surface area contributed by atoms with Crippen molar-refractivity contribution >= 4 is 34.4 Å². The number of hydrogen-bond acceptors (Lipinski definition) is 2. The number of carboxylic acid groups (broad SMARTS) is 1. The maximum absolute atomic E-state index is 10.1. The second-order valence-electron chi connectivity index (χ2n) is 1.80. The normalized spacial score (nSPS) is 9.18. The lowest BCUT2D eigenvalue weighted by molar-refractivity contribution is 0.210. The summed E-state index contributed by atoms with van der Waals surface area (Å²) in [7, 11) is 0. The third kappa shape index (κ3) is 2.71. The first-order valence-corrected chi connectivity index (χ1v) is 3.88. The van der Waals surface area contributed by atoms with Crippen molar-refractivity contribution in [2.75, 3.05) is 5.32 Å². The third-order valence-corrected chi connectivity index (χ3v) is 1.57. The zero-order chi connectivity index (χ0) is 8.27. The standard InChI is InChI=1S/C6H5IN2O2/c7-5-3-4(1-2-8-5)9-6(10)11/h1-3H,(H,8,9)(H,10,11). The average molecular weight is 264 g/mol. The van der Waals surface area contributed by atoms with E-state index >= 15 is 0 Å². The molecule has 1 amide bonds. The number of amides is 1. The summed E-state index contributed by atoms with van der Waals surface area (Å²) in [6.45, 7) is 0. The molecule has 0 atom stereocenters. The van der Waals surface area contributed by atoms with Crippen LogP contribution in [0.1, 0.15) is 0 Å². The van der Waals surface area contributed by atoms with Crippen molar-refractivity contribution in [1.29, 1.82) is 0 Å². The van der Waals surface area contributed by atoms with Gasteiger partial charge in [-0.25, -0.2) is 4.79 Å². The largest absolute Gasteiger partial charge is 0.465 e. The molecule has 0 spiro atoms. The minimum absolute atomic E-state index is 0.539. The van der Waals surface area contributed by atoms with Gasteiger partial charge in [-0.2, -0.15) is 0 Å². The van der Waals surface area contributed by atoms with Gasteiger partial charge in [0.15, 0.2) is 0 Å². The van der Waals surface area contributed by atoms with E-state index in [9.17, 15) is 4.79 Å². The summed E-state index contributed by atoms with van der Waals surface area (Å²) >= 11 is 2.01.